The number of carbonyl (C=O) groups excluding carboxylic acids is 1. The molecule has 1 heterocycles. The third-order valence-electron chi connectivity index (χ3n) is 4.23. The number of nitrogens with two attached hydrogens (primary N) is 1. The quantitative estimate of drug-likeness (QED) is 0.912. The molecule has 2 unspecified atom stereocenters. The molecule has 1 aromatic rings. The zero-order chi connectivity index (χ0) is 14.0. The number of likely N-dealkylation sites (tertiary alicyclic amines) is 1. The lowest BCUT2D eigenvalue weighted by Gasteiger charge is -2.39. The fourth-order valence-corrected chi connectivity index (χ4v) is 3.07. The van der Waals surface area contributed by atoms with Gasteiger partial charge in [0.25, 0.3) is 5.91 Å². The second-order valence-corrected chi connectivity index (χ2v) is 5.74. The first-order valence-electron chi connectivity index (χ1n) is 7.13. The van der Waals surface area contributed by atoms with Crippen LogP contribution in [0.1, 0.15) is 41.3 Å². The highest BCUT2D eigenvalue weighted by molar-refractivity contribution is 5.96. The van der Waals surface area contributed by atoms with E-state index in [2.05, 4.69) is 13.0 Å². The van der Waals surface area contributed by atoms with Crippen molar-refractivity contribution < 1.29 is 4.79 Å². The zero-order valence-corrected chi connectivity index (χ0v) is 13.4. The molecule has 0 bridgehead atoms. The van der Waals surface area contributed by atoms with E-state index in [0.29, 0.717) is 12.5 Å². The minimum absolute atomic E-state index is 0. The molecule has 1 saturated heterocycles. The maximum atomic E-state index is 12.7. The van der Waals surface area contributed by atoms with Crippen molar-refractivity contribution in [2.75, 3.05) is 13.1 Å². The van der Waals surface area contributed by atoms with E-state index in [9.17, 15) is 4.79 Å². The van der Waals surface area contributed by atoms with E-state index in [1.54, 1.807) is 0 Å². The molecule has 1 aliphatic rings. The summed E-state index contributed by atoms with van der Waals surface area (Å²) in [6, 6.07) is 6.20. The predicted molar refractivity (Wildman–Crippen MR) is 85.4 cm³/mol. The van der Waals surface area contributed by atoms with E-state index in [-0.39, 0.29) is 24.4 Å². The van der Waals surface area contributed by atoms with Gasteiger partial charge in [-0.3, -0.25) is 4.79 Å². The Morgan fingerprint density at radius 3 is 2.70 bits per heavy atom. The number of halogens is 1. The highest BCUT2D eigenvalue weighted by Gasteiger charge is 2.31. The molecule has 0 radical (unpaired) electrons. The lowest BCUT2D eigenvalue weighted by atomic mass is 9.90. The third kappa shape index (κ3) is 3.33. The fourth-order valence-electron chi connectivity index (χ4n) is 3.07. The van der Waals surface area contributed by atoms with Gasteiger partial charge in [-0.15, -0.1) is 12.4 Å². The Kier molecular flexibility index (Phi) is 6.03. The Morgan fingerprint density at radius 2 is 2.10 bits per heavy atom. The summed E-state index contributed by atoms with van der Waals surface area (Å²) in [6.07, 6.45) is 2.24. The van der Waals surface area contributed by atoms with Crippen LogP contribution in [-0.4, -0.2) is 29.9 Å². The summed E-state index contributed by atoms with van der Waals surface area (Å²) < 4.78 is 0. The summed E-state index contributed by atoms with van der Waals surface area (Å²) in [5.74, 6) is 0.632. The van der Waals surface area contributed by atoms with Crippen molar-refractivity contribution in [3.05, 3.63) is 34.9 Å². The molecule has 20 heavy (non-hydrogen) atoms. The van der Waals surface area contributed by atoms with Crippen LogP contribution in [-0.2, 0) is 0 Å². The summed E-state index contributed by atoms with van der Waals surface area (Å²) in [4.78, 5) is 14.7. The summed E-state index contributed by atoms with van der Waals surface area (Å²) in [7, 11) is 0. The van der Waals surface area contributed by atoms with Gasteiger partial charge in [-0.2, -0.15) is 0 Å². The van der Waals surface area contributed by atoms with E-state index >= 15 is 0 Å². The number of nitrogens with zero attached hydrogens (tertiary/aromatic N) is 1. The molecule has 0 aliphatic carbocycles. The lowest BCUT2D eigenvalue weighted by Crippen LogP contribution is -2.51. The molecule has 112 valence electrons. The summed E-state index contributed by atoms with van der Waals surface area (Å²) in [6.45, 7) is 7.63. The molecule has 0 spiro atoms. The smallest absolute Gasteiger partial charge is 0.254 e. The summed E-state index contributed by atoms with van der Waals surface area (Å²) in [5.41, 5.74) is 8.93. The van der Waals surface area contributed by atoms with Crippen molar-refractivity contribution >= 4 is 18.3 Å². The Balaban J connectivity index is 0.00000200. The molecule has 1 aliphatic heterocycles. The van der Waals surface area contributed by atoms with Gasteiger partial charge in [-0.05, 0) is 44.2 Å². The first kappa shape index (κ1) is 17.0. The Labute approximate surface area is 127 Å². The van der Waals surface area contributed by atoms with Crippen LogP contribution in [0.2, 0.25) is 0 Å². The first-order chi connectivity index (χ1) is 9.04. The monoisotopic (exact) mass is 296 g/mol. The number of piperidine rings is 1. The van der Waals surface area contributed by atoms with E-state index in [4.69, 9.17) is 5.73 Å². The molecule has 0 saturated carbocycles. The lowest BCUT2D eigenvalue weighted by molar-refractivity contribution is 0.0532. The molecule has 0 aromatic heterocycles. The molecule has 2 atom stereocenters. The van der Waals surface area contributed by atoms with Crippen molar-refractivity contribution in [2.45, 2.75) is 39.7 Å². The SMILES string of the molecule is Cc1ccc(C(=O)N2CCCC(C)C2CN)c(C)c1.Cl. The van der Waals surface area contributed by atoms with Gasteiger partial charge in [-0.1, -0.05) is 24.6 Å². The van der Waals surface area contributed by atoms with Gasteiger partial charge in [0.15, 0.2) is 0 Å². The van der Waals surface area contributed by atoms with E-state index in [1.165, 1.54) is 12.0 Å². The largest absolute Gasteiger partial charge is 0.334 e. The van der Waals surface area contributed by atoms with Crippen molar-refractivity contribution in [3.63, 3.8) is 0 Å². The Morgan fingerprint density at radius 1 is 1.40 bits per heavy atom. The Hall–Kier alpha value is -1.06. The predicted octanol–water partition coefficient (Wildman–Crippen LogP) is 2.92. The highest BCUT2D eigenvalue weighted by atomic mass is 35.5. The number of hydrogen-bond acceptors (Lipinski definition) is 2. The molecule has 1 aromatic carbocycles. The minimum atomic E-state index is 0. The normalized spacial score (nSPS) is 22.3. The van der Waals surface area contributed by atoms with Crippen LogP contribution in [0.5, 0.6) is 0 Å². The molecule has 2 N–H and O–H groups in total. The van der Waals surface area contributed by atoms with Crippen LogP contribution in [0.3, 0.4) is 0 Å². The molecular formula is C16H25ClN2O. The molecule has 2 rings (SSSR count). The second kappa shape index (κ2) is 7.09. The summed E-state index contributed by atoms with van der Waals surface area (Å²) >= 11 is 0. The number of benzene rings is 1. The van der Waals surface area contributed by atoms with Crippen LogP contribution in [0, 0.1) is 19.8 Å². The van der Waals surface area contributed by atoms with Crippen LogP contribution in [0.4, 0.5) is 0 Å². The van der Waals surface area contributed by atoms with E-state index in [0.717, 1.165) is 24.1 Å². The molecule has 4 heteroatoms. The topological polar surface area (TPSA) is 46.3 Å². The van der Waals surface area contributed by atoms with Gasteiger partial charge in [-0.25, -0.2) is 0 Å². The average molecular weight is 297 g/mol. The molecule has 3 nitrogen and oxygen atoms in total. The van der Waals surface area contributed by atoms with E-state index in [1.807, 2.05) is 30.9 Å². The molecular weight excluding hydrogens is 272 g/mol. The highest BCUT2D eigenvalue weighted by Crippen LogP contribution is 2.25. The van der Waals surface area contributed by atoms with Gasteiger partial charge in [0, 0.05) is 24.7 Å². The van der Waals surface area contributed by atoms with E-state index < -0.39 is 0 Å². The van der Waals surface area contributed by atoms with Crippen LogP contribution in [0.15, 0.2) is 18.2 Å². The summed E-state index contributed by atoms with van der Waals surface area (Å²) in [5, 5.41) is 0. The number of aryl methyl sites for hydroxylation is 2. The van der Waals surface area contributed by atoms with Gasteiger partial charge >= 0.3 is 0 Å². The fraction of sp³-hybridized carbons (Fsp3) is 0.562. The Bertz CT molecular complexity index is 476. The standard InChI is InChI=1S/C16H24N2O.ClH/c1-11-6-7-14(13(3)9-11)16(19)18-8-4-5-12(2)15(18)10-17;/h6-7,9,12,15H,4-5,8,10,17H2,1-3H3;1H. The van der Waals surface area contributed by atoms with Gasteiger partial charge in [0.1, 0.15) is 0 Å². The maximum absolute atomic E-state index is 12.7. The number of hydrogen-bond donors (Lipinski definition) is 1. The average Bonchev–Trinajstić information content (AvgIpc) is 2.37. The molecule has 1 amide bonds. The van der Waals surface area contributed by atoms with Gasteiger partial charge in [0.05, 0.1) is 0 Å². The number of amides is 1. The van der Waals surface area contributed by atoms with Crippen LogP contribution < -0.4 is 5.73 Å². The third-order valence-corrected chi connectivity index (χ3v) is 4.23. The van der Waals surface area contributed by atoms with Gasteiger partial charge < -0.3 is 10.6 Å². The van der Waals surface area contributed by atoms with Crippen LogP contribution >= 0.6 is 12.4 Å². The number of carbonyl (C=O) groups is 1. The van der Waals surface area contributed by atoms with Crippen molar-refractivity contribution in [1.29, 1.82) is 0 Å². The van der Waals surface area contributed by atoms with Gasteiger partial charge in [0.2, 0.25) is 0 Å². The minimum Gasteiger partial charge on any atom is -0.334 e. The zero-order valence-electron chi connectivity index (χ0n) is 12.6. The number of rotatable bonds is 2. The maximum Gasteiger partial charge on any atom is 0.254 e. The van der Waals surface area contributed by atoms with Crippen LogP contribution in [0.25, 0.3) is 0 Å². The first-order valence-corrected chi connectivity index (χ1v) is 7.13. The van der Waals surface area contributed by atoms with Crippen molar-refractivity contribution in [3.8, 4) is 0 Å². The van der Waals surface area contributed by atoms with Crippen molar-refractivity contribution in [2.24, 2.45) is 11.7 Å². The van der Waals surface area contributed by atoms with Crippen molar-refractivity contribution in [1.82, 2.24) is 4.90 Å². The molecule has 1 fully saturated rings. The second-order valence-electron chi connectivity index (χ2n) is 5.74.